The Bertz CT molecular complexity index is 480. The molecule has 2 rings (SSSR count). The van der Waals surface area contributed by atoms with Crippen molar-refractivity contribution in [3.63, 3.8) is 0 Å². The predicted molar refractivity (Wildman–Crippen MR) is 74.2 cm³/mol. The third-order valence-electron chi connectivity index (χ3n) is 2.73. The van der Waals surface area contributed by atoms with E-state index in [1.165, 1.54) is 0 Å². The molecule has 0 radical (unpaired) electrons. The molecule has 1 heterocycles. The van der Waals surface area contributed by atoms with Crippen molar-refractivity contribution in [1.29, 1.82) is 0 Å². The van der Waals surface area contributed by atoms with E-state index in [2.05, 4.69) is 16.0 Å². The second-order valence-corrected chi connectivity index (χ2v) is 6.23. The SMILES string of the molecule is CC1(C)S[C@H](N=C=Nc2ccccc2)CN1C=O. The van der Waals surface area contributed by atoms with Crippen LogP contribution in [0.1, 0.15) is 13.8 Å². The van der Waals surface area contributed by atoms with Gasteiger partial charge in [-0.3, -0.25) is 4.79 Å². The van der Waals surface area contributed by atoms with E-state index in [4.69, 9.17) is 0 Å². The first kappa shape index (κ1) is 12.9. The molecular formula is C13H15N3OS. The fourth-order valence-electron chi connectivity index (χ4n) is 1.72. The van der Waals surface area contributed by atoms with E-state index < -0.39 is 0 Å². The standard InChI is InChI=1S/C13H15N3OS/c1-13(2)16(10-17)8-12(18-13)15-9-14-11-6-4-3-5-7-11/h3-7,10,12H,8H2,1-2H3/t12-/m0/s1. The minimum absolute atomic E-state index is 0.0117. The second-order valence-electron chi connectivity index (χ2n) is 4.45. The minimum atomic E-state index is -0.204. The van der Waals surface area contributed by atoms with Crippen LogP contribution in [0.15, 0.2) is 40.3 Å². The first-order chi connectivity index (χ1) is 8.62. The van der Waals surface area contributed by atoms with Gasteiger partial charge in [0.15, 0.2) is 0 Å². The Hall–Kier alpha value is -1.58. The van der Waals surface area contributed by atoms with E-state index >= 15 is 0 Å². The number of rotatable bonds is 3. The molecule has 94 valence electrons. The Morgan fingerprint density at radius 1 is 1.44 bits per heavy atom. The Balaban J connectivity index is 2.03. The monoisotopic (exact) mass is 261 g/mol. The molecule has 18 heavy (non-hydrogen) atoms. The van der Waals surface area contributed by atoms with Crippen LogP contribution in [-0.2, 0) is 4.79 Å². The van der Waals surface area contributed by atoms with Gasteiger partial charge in [-0.25, -0.2) is 4.99 Å². The molecule has 1 atom stereocenters. The van der Waals surface area contributed by atoms with Crippen molar-refractivity contribution in [1.82, 2.24) is 4.90 Å². The number of carbonyl (C=O) groups excluding carboxylic acids is 1. The van der Waals surface area contributed by atoms with Crippen LogP contribution in [0.2, 0.25) is 0 Å². The summed E-state index contributed by atoms with van der Waals surface area (Å²) in [5.74, 6) is 0. The fraction of sp³-hybridized carbons (Fsp3) is 0.385. The zero-order valence-electron chi connectivity index (χ0n) is 10.4. The summed E-state index contributed by atoms with van der Waals surface area (Å²) in [4.78, 5) is 20.8. The molecule has 0 bridgehead atoms. The molecule has 0 saturated carbocycles. The maximum Gasteiger partial charge on any atom is 0.210 e. The van der Waals surface area contributed by atoms with Crippen molar-refractivity contribution in [2.24, 2.45) is 9.98 Å². The third kappa shape index (κ3) is 3.00. The average Bonchev–Trinajstić information content (AvgIpc) is 2.65. The average molecular weight is 261 g/mol. The maximum atomic E-state index is 10.9. The second kappa shape index (κ2) is 5.38. The number of hydrogen-bond donors (Lipinski definition) is 0. The van der Waals surface area contributed by atoms with Crippen molar-refractivity contribution < 1.29 is 4.79 Å². The number of aliphatic imine (C=N–C) groups is 2. The van der Waals surface area contributed by atoms with Crippen LogP contribution in [0.4, 0.5) is 5.69 Å². The van der Waals surface area contributed by atoms with Gasteiger partial charge in [-0.1, -0.05) is 18.2 Å². The normalized spacial score (nSPS) is 21.2. The molecular weight excluding hydrogens is 246 g/mol. The Morgan fingerprint density at radius 2 is 2.17 bits per heavy atom. The molecule has 1 aliphatic rings. The third-order valence-corrected chi connectivity index (χ3v) is 4.07. The van der Waals surface area contributed by atoms with E-state index in [1.807, 2.05) is 44.2 Å². The van der Waals surface area contributed by atoms with E-state index in [9.17, 15) is 4.79 Å². The molecule has 4 nitrogen and oxygen atoms in total. The lowest BCUT2D eigenvalue weighted by atomic mass is 10.3. The van der Waals surface area contributed by atoms with Crippen molar-refractivity contribution in [2.45, 2.75) is 24.1 Å². The number of carbonyl (C=O) groups is 1. The summed E-state index contributed by atoms with van der Waals surface area (Å²) in [6, 6.07) is 12.3. The number of hydrogen-bond acceptors (Lipinski definition) is 4. The fourth-order valence-corrected chi connectivity index (χ4v) is 2.97. The van der Waals surface area contributed by atoms with E-state index in [1.54, 1.807) is 16.7 Å². The number of nitrogens with zero attached hydrogens (tertiary/aromatic N) is 3. The quantitative estimate of drug-likeness (QED) is 0.620. The minimum Gasteiger partial charge on any atom is -0.328 e. The highest BCUT2D eigenvalue weighted by Crippen LogP contribution is 2.39. The van der Waals surface area contributed by atoms with Crippen LogP contribution in [0.25, 0.3) is 0 Å². The number of benzene rings is 1. The summed E-state index contributed by atoms with van der Waals surface area (Å²) in [5.41, 5.74) is 0.829. The van der Waals surface area contributed by atoms with E-state index in [-0.39, 0.29) is 10.2 Å². The Labute approximate surface area is 111 Å². The largest absolute Gasteiger partial charge is 0.328 e. The molecule has 1 aromatic rings. The van der Waals surface area contributed by atoms with Gasteiger partial charge in [-0.05, 0) is 26.0 Å². The van der Waals surface area contributed by atoms with E-state index in [0.717, 1.165) is 12.1 Å². The van der Waals surface area contributed by atoms with Crippen molar-refractivity contribution in [2.75, 3.05) is 6.54 Å². The predicted octanol–water partition coefficient (Wildman–Crippen LogP) is 2.76. The molecule has 0 aromatic heterocycles. The van der Waals surface area contributed by atoms with Crippen molar-refractivity contribution in [3.8, 4) is 0 Å². The summed E-state index contributed by atoms with van der Waals surface area (Å²) in [5, 5.41) is 0.0117. The van der Waals surface area contributed by atoms with Crippen LogP contribution >= 0.6 is 11.8 Å². The highest BCUT2D eigenvalue weighted by molar-refractivity contribution is 8.01. The summed E-state index contributed by atoms with van der Waals surface area (Å²) < 4.78 is 0. The molecule has 0 unspecified atom stereocenters. The van der Waals surface area contributed by atoms with Gasteiger partial charge in [0.1, 0.15) is 5.37 Å². The van der Waals surface area contributed by atoms with Gasteiger partial charge in [0.25, 0.3) is 0 Å². The van der Waals surface area contributed by atoms with Crippen LogP contribution in [0.3, 0.4) is 0 Å². The van der Waals surface area contributed by atoms with Gasteiger partial charge in [0, 0.05) is 0 Å². The van der Waals surface area contributed by atoms with Gasteiger partial charge in [-0.2, -0.15) is 4.99 Å². The lowest BCUT2D eigenvalue weighted by molar-refractivity contribution is -0.119. The van der Waals surface area contributed by atoms with Gasteiger partial charge < -0.3 is 4.90 Å². The first-order valence-corrected chi connectivity index (χ1v) is 6.60. The molecule has 0 spiro atoms. The van der Waals surface area contributed by atoms with Crippen LogP contribution in [0, 0.1) is 0 Å². The van der Waals surface area contributed by atoms with Crippen molar-refractivity contribution in [3.05, 3.63) is 30.3 Å². The van der Waals surface area contributed by atoms with E-state index in [0.29, 0.717) is 6.54 Å². The smallest absolute Gasteiger partial charge is 0.210 e. The molecule has 5 heteroatoms. The first-order valence-electron chi connectivity index (χ1n) is 5.72. The van der Waals surface area contributed by atoms with Crippen molar-refractivity contribution >= 4 is 29.9 Å². The van der Waals surface area contributed by atoms with Gasteiger partial charge in [0.05, 0.1) is 23.1 Å². The Kier molecular flexibility index (Phi) is 3.84. The number of para-hydroxylation sites is 1. The zero-order chi connectivity index (χ0) is 13.0. The maximum absolute atomic E-state index is 10.9. The summed E-state index contributed by atoms with van der Waals surface area (Å²) in [6.45, 7) is 4.63. The molecule has 1 aliphatic heterocycles. The molecule has 0 aliphatic carbocycles. The number of amides is 1. The highest BCUT2D eigenvalue weighted by atomic mass is 32.2. The molecule has 1 aromatic carbocycles. The number of thioether (sulfide) groups is 1. The van der Waals surface area contributed by atoms with Gasteiger partial charge >= 0.3 is 0 Å². The van der Waals surface area contributed by atoms with Gasteiger partial charge in [-0.15, -0.1) is 11.8 Å². The Morgan fingerprint density at radius 3 is 2.78 bits per heavy atom. The summed E-state index contributed by atoms with van der Waals surface area (Å²) >= 11 is 1.64. The van der Waals surface area contributed by atoms with Gasteiger partial charge in [0.2, 0.25) is 6.41 Å². The highest BCUT2D eigenvalue weighted by Gasteiger charge is 2.38. The molecule has 0 N–H and O–H groups in total. The lowest BCUT2D eigenvalue weighted by Crippen LogP contribution is -2.35. The molecule has 1 amide bonds. The lowest BCUT2D eigenvalue weighted by Gasteiger charge is -2.25. The molecule has 1 fully saturated rings. The summed E-state index contributed by atoms with van der Waals surface area (Å²) in [6.07, 6.45) is 0.872. The summed E-state index contributed by atoms with van der Waals surface area (Å²) in [7, 11) is 0. The molecule has 1 saturated heterocycles. The van der Waals surface area contributed by atoms with Crippen LogP contribution in [-0.4, -0.2) is 34.1 Å². The zero-order valence-corrected chi connectivity index (χ0v) is 11.2. The topological polar surface area (TPSA) is 45.0 Å². The van der Waals surface area contributed by atoms with Crippen LogP contribution in [0.5, 0.6) is 0 Å². The van der Waals surface area contributed by atoms with Crippen LogP contribution < -0.4 is 0 Å².